The van der Waals surface area contributed by atoms with Crippen LogP contribution in [0.15, 0.2) is 61.1 Å². The van der Waals surface area contributed by atoms with E-state index in [1.54, 1.807) is 17.8 Å². The van der Waals surface area contributed by atoms with Crippen LogP contribution < -0.4 is 5.32 Å². The average Bonchev–Trinajstić information content (AvgIpc) is 3.24. The van der Waals surface area contributed by atoms with Crippen LogP contribution in [0.1, 0.15) is 17.3 Å². The molecule has 1 unspecified atom stereocenters. The zero-order valence-electron chi connectivity index (χ0n) is 12.8. The number of para-hydroxylation sites is 1. The number of carbonyl (C=O) groups excluding carboxylic acids is 1. The van der Waals surface area contributed by atoms with Gasteiger partial charge >= 0.3 is 0 Å². The van der Waals surface area contributed by atoms with Crippen LogP contribution in [0.3, 0.4) is 0 Å². The maximum absolute atomic E-state index is 12.5. The third kappa shape index (κ3) is 3.02. The monoisotopic (exact) mass is 310 g/mol. The predicted molar refractivity (Wildman–Crippen MR) is 86.9 cm³/mol. The van der Waals surface area contributed by atoms with E-state index in [0.29, 0.717) is 11.4 Å². The van der Waals surface area contributed by atoms with Crippen molar-refractivity contribution in [2.75, 3.05) is 6.61 Å². The van der Waals surface area contributed by atoms with Gasteiger partial charge in [0.05, 0.1) is 18.5 Å². The van der Waals surface area contributed by atoms with Crippen LogP contribution in [0.5, 0.6) is 0 Å². The lowest BCUT2D eigenvalue weighted by atomic mass is 10.2. The number of aromatic nitrogens is 3. The number of hydrogen-bond acceptors (Lipinski definition) is 3. The molecule has 0 aliphatic heterocycles. The Labute approximate surface area is 134 Å². The van der Waals surface area contributed by atoms with Crippen molar-refractivity contribution in [1.29, 1.82) is 0 Å². The molecule has 118 valence electrons. The highest BCUT2D eigenvalue weighted by atomic mass is 16.3. The molecule has 1 atom stereocenters. The lowest BCUT2D eigenvalue weighted by Gasteiger charge is -2.13. The molecular weight excluding hydrogens is 292 g/mol. The Morgan fingerprint density at radius 2 is 1.91 bits per heavy atom. The molecule has 0 saturated heterocycles. The van der Waals surface area contributed by atoms with Gasteiger partial charge in [-0.1, -0.05) is 18.2 Å². The SMILES string of the molecule is CC(CO)NC(=O)c1cnn(-c2ccccc2)c1-n1cccc1. The Balaban J connectivity index is 2.08. The fourth-order valence-corrected chi connectivity index (χ4v) is 2.33. The van der Waals surface area contributed by atoms with Crippen molar-refractivity contribution < 1.29 is 9.90 Å². The molecule has 1 aromatic carbocycles. The van der Waals surface area contributed by atoms with Crippen molar-refractivity contribution in [1.82, 2.24) is 19.7 Å². The van der Waals surface area contributed by atoms with Crippen LogP contribution in [0.25, 0.3) is 11.5 Å². The summed E-state index contributed by atoms with van der Waals surface area (Å²) in [7, 11) is 0. The van der Waals surface area contributed by atoms with Gasteiger partial charge in [0.25, 0.3) is 5.91 Å². The molecule has 0 radical (unpaired) electrons. The molecule has 0 fully saturated rings. The Morgan fingerprint density at radius 1 is 1.22 bits per heavy atom. The highest BCUT2D eigenvalue weighted by molar-refractivity contribution is 5.97. The second-order valence-electron chi connectivity index (χ2n) is 5.28. The topological polar surface area (TPSA) is 72.1 Å². The maximum atomic E-state index is 12.5. The molecule has 6 heteroatoms. The van der Waals surface area contributed by atoms with Gasteiger partial charge < -0.3 is 15.0 Å². The second-order valence-corrected chi connectivity index (χ2v) is 5.28. The van der Waals surface area contributed by atoms with Crippen molar-refractivity contribution in [3.8, 4) is 11.5 Å². The summed E-state index contributed by atoms with van der Waals surface area (Å²) in [6.45, 7) is 1.63. The third-order valence-electron chi connectivity index (χ3n) is 3.49. The highest BCUT2D eigenvalue weighted by Crippen LogP contribution is 2.19. The van der Waals surface area contributed by atoms with E-state index in [2.05, 4.69) is 10.4 Å². The van der Waals surface area contributed by atoms with E-state index in [-0.39, 0.29) is 18.6 Å². The largest absolute Gasteiger partial charge is 0.394 e. The highest BCUT2D eigenvalue weighted by Gasteiger charge is 2.20. The molecule has 0 saturated carbocycles. The number of aliphatic hydroxyl groups excluding tert-OH is 1. The Bertz CT molecular complexity index is 778. The number of carbonyl (C=O) groups is 1. The van der Waals surface area contributed by atoms with Gasteiger partial charge in [0.2, 0.25) is 0 Å². The maximum Gasteiger partial charge on any atom is 0.257 e. The lowest BCUT2D eigenvalue weighted by molar-refractivity contribution is 0.0922. The van der Waals surface area contributed by atoms with Gasteiger partial charge in [-0.25, -0.2) is 4.68 Å². The summed E-state index contributed by atoms with van der Waals surface area (Å²) in [5.74, 6) is 0.390. The summed E-state index contributed by atoms with van der Waals surface area (Å²) < 4.78 is 3.57. The van der Waals surface area contributed by atoms with Gasteiger partial charge in [-0.05, 0) is 31.2 Å². The van der Waals surface area contributed by atoms with Crippen molar-refractivity contribution in [3.05, 3.63) is 66.6 Å². The Hall–Kier alpha value is -2.86. The fraction of sp³-hybridized carbons (Fsp3) is 0.176. The van der Waals surface area contributed by atoms with Crippen LogP contribution in [0.4, 0.5) is 0 Å². The van der Waals surface area contributed by atoms with Gasteiger partial charge in [0, 0.05) is 18.4 Å². The molecule has 23 heavy (non-hydrogen) atoms. The first-order chi connectivity index (χ1) is 11.2. The number of hydrogen-bond donors (Lipinski definition) is 2. The Kier molecular flexibility index (Phi) is 4.25. The zero-order valence-corrected chi connectivity index (χ0v) is 12.8. The number of nitrogens with one attached hydrogen (secondary N) is 1. The van der Waals surface area contributed by atoms with E-state index >= 15 is 0 Å². The summed E-state index contributed by atoms with van der Waals surface area (Å²) in [5, 5.41) is 16.3. The first-order valence-electron chi connectivity index (χ1n) is 7.39. The molecule has 3 rings (SSSR count). The van der Waals surface area contributed by atoms with E-state index in [9.17, 15) is 4.79 Å². The third-order valence-corrected chi connectivity index (χ3v) is 3.49. The molecule has 2 heterocycles. The summed E-state index contributed by atoms with van der Waals surface area (Å²) in [6.07, 6.45) is 5.27. The van der Waals surface area contributed by atoms with E-state index in [0.717, 1.165) is 5.69 Å². The van der Waals surface area contributed by atoms with Crippen molar-refractivity contribution in [3.63, 3.8) is 0 Å². The van der Waals surface area contributed by atoms with Crippen LogP contribution >= 0.6 is 0 Å². The molecule has 3 aromatic rings. The van der Waals surface area contributed by atoms with Gasteiger partial charge in [-0.3, -0.25) is 4.79 Å². The van der Waals surface area contributed by atoms with Crippen LogP contribution in [-0.4, -0.2) is 38.0 Å². The molecule has 6 nitrogen and oxygen atoms in total. The standard InChI is InChI=1S/C17H18N4O2/c1-13(12-22)19-16(23)15-11-18-21(14-7-3-2-4-8-14)17(15)20-9-5-6-10-20/h2-11,13,22H,12H2,1H3,(H,19,23). The van der Waals surface area contributed by atoms with Gasteiger partial charge in [0.1, 0.15) is 5.56 Å². The quantitative estimate of drug-likeness (QED) is 0.754. The first kappa shape index (κ1) is 15.1. The molecule has 0 aliphatic carbocycles. The molecule has 2 aromatic heterocycles. The minimum Gasteiger partial charge on any atom is -0.394 e. The molecular formula is C17H18N4O2. The lowest BCUT2D eigenvalue weighted by Crippen LogP contribution is -2.35. The molecule has 0 bridgehead atoms. The smallest absolute Gasteiger partial charge is 0.257 e. The summed E-state index contributed by atoms with van der Waals surface area (Å²) in [6, 6.07) is 13.1. The average molecular weight is 310 g/mol. The van der Waals surface area contributed by atoms with E-state index in [1.807, 2.05) is 59.4 Å². The number of nitrogens with zero attached hydrogens (tertiary/aromatic N) is 3. The predicted octanol–water partition coefficient (Wildman–Crippen LogP) is 1.77. The van der Waals surface area contributed by atoms with E-state index < -0.39 is 0 Å². The van der Waals surface area contributed by atoms with Crippen LogP contribution in [0, 0.1) is 0 Å². The summed E-state index contributed by atoms with van der Waals surface area (Å²) in [5.41, 5.74) is 1.32. The van der Waals surface area contributed by atoms with Crippen molar-refractivity contribution in [2.45, 2.75) is 13.0 Å². The second kappa shape index (κ2) is 6.50. The van der Waals surface area contributed by atoms with E-state index in [4.69, 9.17) is 5.11 Å². The first-order valence-corrected chi connectivity index (χ1v) is 7.39. The number of benzene rings is 1. The normalized spacial score (nSPS) is 12.1. The van der Waals surface area contributed by atoms with Gasteiger partial charge in [-0.15, -0.1) is 0 Å². The van der Waals surface area contributed by atoms with Crippen molar-refractivity contribution >= 4 is 5.91 Å². The number of rotatable bonds is 5. The summed E-state index contributed by atoms with van der Waals surface area (Å²) in [4.78, 5) is 12.5. The minimum atomic E-state index is -0.319. The molecule has 0 aliphatic rings. The van der Waals surface area contributed by atoms with Crippen molar-refractivity contribution in [2.24, 2.45) is 0 Å². The van der Waals surface area contributed by atoms with Gasteiger partial charge in [0.15, 0.2) is 5.82 Å². The van der Waals surface area contributed by atoms with Crippen LogP contribution in [-0.2, 0) is 0 Å². The number of aliphatic hydroxyl groups is 1. The van der Waals surface area contributed by atoms with Gasteiger partial charge in [-0.2, -0.15) is 5.10 Å². The number of amides is 1. The zero-order chi connectivity index (χ0) is 16.2. The summed E-state index contributed by atoms with van der Waals surface area (Å²) >= 11 is 0. The molecule has 2 N–H and O–H groups in total. The molecule has 0 spiro atoms. The van der Waals surface area contributed by atoms with Crippen LogP contribution in [0.2, 0.25) is 0 Å². The Morgan fingerprint density at radius 3 is 2.57 bits per heavy atom. The minimum absolute atomic E-state index is 0.114. The molecule has 1 amide bonds. The fourth-order valence-electron chi connectivity index (χ4n) is 2.33. The van der Waals surface area contributed by atoms with E-state index in [1.165, 1.54) is 0 Å².